The fourth-order valence-electron chi connectivity index (χ4n) is 3.00. The van der Waals surface area contributed by atoms with E-state index in [2.05, 4.69) is 16.8 Å². The molecule has 1 saturated heterocycles. The second-order valence-electron chi connectivity index (χ2n) is 6.62. The first kappa shape index (κ1) is 19.6. The topological polar surface area (TPSA) is 55.9 Å². The summed E-state index contributed by atoms with van der Waals surface area (Å²) in [6.45, 7) is 6.54. The number of hydrogen-bond acceptors (Lipinski definition) is 3. The van der Waals surface area contributed by atoms with Crippen LogP contribution >= 0.6 is 0 Å². The highest BCUT2D eigenvalue weighted by molar-refractivity contribution is 5.58. The van der Waals surface area contributed by atoms with Crippen molar-refractivity contribution in [3.8, 4) is 5.75 Å². The Bertz CT molecular complexity index is 513. The Morgan fingerprint density at radius 2 is 1.96 bits per heavy atom. The minimum absolute atomic E-state index is 0.155. The standard InChI is InChI=1S/C20H32N2O3/c1-2-3-4-8-15-24-19-11-9-10-18(17-19)21-20(23)25-16-14-22-12-6-5-7-13-22/h9-11,17H,2-8,12-16H2,1H3,(H,21,23)/p+1. The van der Waals surface area contributed by atoms with Gasteiger partial charge in [0.05, 0.1) is 12.7 Å². The monoisotopic (exact) mass is 349 g/mol. The molecule has 0 aromatic heterocycles. The predicted octanol–water partition coefficient (Wildman–Crippen LogP) is 2.77. The van der Waals surface area contributed by atoms with Crippen LogP contribution in [0.3, 0.4) is 0 Å². The second kappa shape index (κ2) is 11.7. The lowest BCUT2D eigenvalue weighted by atomic mass is 10.1. The van der Waals surface area contributed by atoms with E-state index in [4.69, 9.17) is 9.47 Å². The summed E-state index contributed by atoms with van der Waals surface area (Å²) in [4.78, 5) is 5.26. The number of likely N-dealkylation sites (tertiary alicyclic amines) is 1. The van der Waals surface area contributed by atoms with E-state index >= 15 is 0 Å². The molecule has 0 atom stereocenters. The van der Waals surface area contributed by atoms with Gasteiger partial charge in [-0.3, -0.25) is 4.90 Å². The van der Waals surface area contributed by atoms with Crippen LogP contribution < -0.4 is 9.73 Å². The van der Waals surface area contributed by atoms with Gasteiger partial charge >= 0.3 is 6.08 Å². The summed E-state index contributed by atoms with van der Waals surface area (Å²) in [6.07, 6.45) is 8.45. The molecule has 1 aromatic carbocycles. The third kappa shape index (κ3) is 8.25. The van der Waals surface area contributed by atoms with E-state index in [0.717, 1.165) is 44.1 Å². The van der Waals surface area contributed by atoms with Gasteiger partial charge in [-0.1, -0.05) is 38.7 Å². The van der Waals surface area contributed by atoms with Crippen molar-refractivity contribution in [2.45, 2.75) is 51.9 Å². The van der Waals surface area contributed by atoms with Gasteiger partial charge in [-0.25, -0.2) is 0 Å². The lowest BCUT2D eigenvalue weighted by Gasteiger charge is -2.25. The number of piperidine rings is 1. The van der Waals surface area contributed by atoms with Gasteiger partial charge in [0, 0.05) is 12.6 Å². The maximum absolute atomic E-state index is 9.92. The first-order valence-electron chi connectivity index (χ1n) is 9.69. The van der Waals surface area contributed by atoms with Crippen LogP contribution in [0.5, 0.6) is 5.75 Å². The smallest absolute Gasteiger partial charge is 0.493 e. The van der Waals surface area contributed by atoms with Crippen molar-refractivity contribution in [1.29, 1.82) is 0 Å². The van der Waals surface area contributed by atoms with Crippen molar-refractivity contribution in [1.82, 2.24) is 4.90 Å². The lowest BCUT2D eigenvalue weighted by Crippen LogP contribution is -2.67. The molecule has 0 spiro atoms. The number of aliphatic hydroxyl groups is 1. The molecule has 1 aromatic rings. The van der Waals surface area contributed by atoms with Gasteiger partial charge in [0.15, 0.2) is 0 Å². The third-order valence-corrected chi connectivity index (χ3v) is 4.45. The molecular weight excluding hydrogens is 316 g/mol. The van der Waals surface area contributed by atoms with E-state index in [1.54, 1.807) is 0 Å². The van der Waals surface area contributed by atoms with Crippen LogP contribution in [0.1, 0.15) is 51.9 Å². The number of unbranched alkanes of at least 4 members (excludes halogenated alkanes) is 3. The molecule has 2 rings (SSSR count). The van der Waals surface area contributed by atoms with Crippen molar-refractivity contribution in [3.05, 3.63) is 24.3 Å². The van der Waals surface area contributed by atoms with Crippen LogP contribution in [0.25, 0.3) is 0 Å². The van der Waals surface area contributed by atoms with E-state index in [1.807, 2.05) is 24.3 Å². The Morgan fingerprint density at radius 3 is 2.76 bits per heavy atom. The van der Waals surface area contributed by atoms with E-state index in [0.29, 0.717) is 6.61 Å². The Hall–Kier alpha value is -1.75. The summed E-state index contributed by atoms with van der Waals surface area (Å²) in [5.41, 5.74) is 0.765. The van der Waals surface area contributed by atoms with Crippen molar-refractivity contribution in [2.75, 3.05) is 32.8 Å². The molecule has 5 heteroatoms. The fraction of sp³-hybridized carbons (Fsp3) is 0.650. The number of hydrogen-bond donors (Lipinski definition) is 2. The Labute approximate surface area is 151 Å². The van der Waals surface area contributed by atoms with Gasteiger partial charge in [0.2, 0.25) is 5.69 Å². The highest BCUT2D eigenvalue weighted by Crippen LogP contribution is 2.14. The van der Waals surface area contributed by atoms with Crippen molar-refractivity contribution < 1.29 is 19.6 Å². The molecule has 1 heterocycles. The first-order chi connectivity index (χ1) is 12.3. The number of aliphatic hydroxyl groups excluding tert-OH is 1. The number of benzene rings is 1. The molecule has 1 aliphatic heterocycles. The summed E-state index contributed by atoms with van der Waals surface area (Å²) in [7, 11) is 0. The zero-order valence-corrected chi connectivity index (χ0v) is 15.5. The van der Waals surface area contributed by atoms with Crippen LogP contribution in [0.2, 0.25) is 0 Å². The van der Waals surface area contributed by atoms with Crippen LogP contribution in [0.4, 0.5) is 5.69 Å². The molecule has 5 nitrogen and oxygen atoms in total. The first-order valence-corrected chi connectivity index (χ1v) is 9.69. The second-order valence-corrected chi connectivity index (χ2v) is 6.62. The molecule has 0 aliphatic carbocycles. The largest absolute Gasteiger partial charge is 0.551 e. The van der Waals surface area contributed by atoms with E-state index < -0.39 is 0 Å². The number of ether oxygens (including phenoxy) is 2. The Morgan fingerprint density at radius 1 is 1.12 bits per heavy atom. The van der Waals surface area contributed by atoms with Crippen molar-refractivity contribution >= 4 is 11.8 Å². The van der Waals surface area contributed by atoms with Gasteiger partial charge < -0.3 is 14.6 Å². The van der Waals surface area contributed by atoms with Gasteiger partial charge in [-0.15, -0.1) is 4.99 Å². The van der Waals surface area contributed by atoms with Crippen LogP contribution in [-0.2, 0) is 4.74 Å². The number of nitrogens with zero attached hydrogens (tertiary/aromatic N) is 1. The summed E-state index contributed by atoms with van der Waals surface area (Å²) in [5.74, 6) is 0.808. The van der Waals surface area contributed by atoms with Gasteiger partial charge in [0.1, 0.15) is 12.4 Å². The third-order valence-electron chi connectivity index (χ3n) is 4.45. The van der Waals surface area contributed by atoms with Gasteiger partial charge in [0.25, 0.3) is 0 Å². The average Bonchev–Trinajstić information content (AvgIpc) is 2.63. The predicted molar refractivity (Wildman–Crippen MR) is 101 cm³/mol. The normalized spacial score (nSPS) is 16.0. The number of rotatable bonds is 10. The minimum atomic E-state index is -0.155. The SMILES string of the molecule is CCCCCCOc1cccc([NH+]=C(O)OCCN2CCCCC2)c1. The molecule has 1 fully saturated rings. The molecule has 0 saturated carbocycles. The van der Waals surface area contributed by atoms with Crippen LogP contribution in [0.15, 0.2) is 24.3 Å². The maximum Gasteiger partial charge on any atom is 0.551 e. The van der Waals surface area contributed by atoms with Crippen molar-refractivity contribution in [3.63, 3.8) is 0 Å². The van der Waals surface area contributed by atoms with Crippen molar-refractivity contribution in [2.24, 2.45) is 0 Å². The lowest BCUT2D eigenvalue weighted by molar-refractivity contribution is -0.382. The Balaban J connectivity index is 1.71. The fourth-order valence-corrected chi connectivity index (χ4v) is 3.00. The summed E-state index contributed by atoms with van der Waals surface area (Å²) >= 11 is 0. The molecule has 0 radical (unpaired) electrons. The zero-order chi connectivity index (χ0) is 17.7. The molecule has 0 amide bonds. The quantitative estimate of drug-likeness (QED) is 0.387. The Kier molecular flexibility index (Phi) is 9.19. The highest BCUT2D eigenvalue weighted by Gasteiger charge is 2.12. The molecule has 2 N–H and O–H groups in total. The summed E-state index contributed by atoms with van der Waals surface area (Å²) < 4.78 is 11.1. The van der Waals surface area contributed by atoms with Crippen LogP contribution in [-0.4, -0.2) is 48.9 Å². The molecule has 140 valence electrons. The van der Waals surface area contributed by atoms with E-state index in [1.165, 1.54) is 38.5 Å². The molecule has 1 aliphatic rings. The van der Waals surface area contributed by atoms with Gasteiger partial charge in [-0.05, 0) is 38.4 Å². The molecule has 0 unspecified atom stereocenters. The summed E-state index contributed by atoms with van der Waals surface area (Å²) in [5, 5.41) is 9.92. The maximum atomic E-state index is 9.92. The minimum Gasteiger partial charge on any atom is -0.493 e. The average molecular weight is 349 g/mol. The summed E-state index contributed by atoms with van der Waals surface area (Å²) in [6, 6.07) is 7.60. The van der Waals surface area contributed by atoms with E-state index in [9.17, 15) is 5.11 Å². The molecule has 0 bridgehead atoms. The number of nitrogens with one attached hydrogen (secondary N) is 1. The van der Waals surface area contributed by atoms with Gasteiger partial charge in [-0.2, -0.15) is 0 Å². The highest BCUT2D eigenvalue weighted by atomic mass is 16.6. The molecular formula is C20H33N2O3+. The van der Waals surface area contributed by atoms with Crippen LogP contribution in [0, 0.1) is 0 Å². The molecule has 25 heavy (non-hydrogen) atoms. The zero-order valence-electron chi connectivity index (χ0n) is 15.5. The van der Waals surface area contributed by atoms with E-state index in [-0.39, 0.29) is 6.08 Å².